The fourth-order valence-electron chi connectivity index (χ4n) is 2.27. The minimum absolute atomic E-state index is 0.818. The third kappa shape index (κ3) is 2.77. The van der Waals surface area contributed by atoms with Crippen LogP contribution in [0.3, 0.4) is 0 Å². The maximum absolute atomic E-state index is 4.53. The van der Waals surface area contributed by atoms with Crippen LogP contribution < -0.4 is 10.6 Å². The first kappa shape index (κ1) is 12.6. The first-order valence-corrected chi connectivity index (χ1v) is 7.11. The number of halogens is 1. The van der Waals surface area contributed by atoms with Crippen LogP contribution in [0.2, 0.25) is 0 Å². The molecule has 0 amide bonds. The molecule has 0 fully saturated rings. The minimum Gasteiger partial charge on any atom is -0.340 e. The Morgan fingerprint density at radius 3 is 3.05 bits per heavy atom. The zero-order valence-corrected chi connectivity index (χ0v) is 12.3. The maximum atomic E-state index is 4.53. The first-order valence-electron chi connectivity index (χ1n) is 6.32. The van der Waals surface area contributed by atoms with Crippen LogP contribution in [-0.4, -0.2) is 16.5 Å². The quantitative estimate of drug-likeness (QED) is 0.894. The Morgan fingerprint density at radius 2 is 2.21 bits per heavy atom. The van der Waals surface area contributed by atoms with E-state index in [0.717, 1.165) is 47.0 Å². The second-order valence-electron chi connectivity index (χ2n) is 4.61. The Kier molecular flexibility index (Phi) is 3.48. The molecule has 2 heterocycles. The molecule has 5 heteroatoms. The van der Waals surface area contributed by atoms with Crippen LogP contribution >= 0.6 is 15.9 Å². The highest BCUT2D eigenvalue weighted by Crippen LogP contribution is 2.25. The van der Waals surface area contributed by atoms with Gasteiger partial charge in [0.25, 0.3) is 0 Å². The maximum Gasteiger partial charge on any atom is 0.138 e. The molecule has 1 aromatic heterocycles. The second-order valence-corrected chi connectivity index (χ2v) is 5.52. The lowest BCUT2D eigenvalue weighted by molar-refractivity contribution is 0.625. The van der Waals surface area contributed by atoms with E-state index in [-0.39, 0.29) is 0 Å². The molecule has 0 atom stereocenters. The van der Waals surface area contributed by atoms with Crippen molar-refractivity contribution in [2.24, 2.45) is 0 Å². The van der Waals surface area contributed by atoms with Crippen LogP contribution in [0.4, 0.5) is 11.5 Å². The summed E-state index contributed by atoms with van der Waals surface area (Å²) >= 11 is 3.48. The molecule has 1 aromatic carbocycles. The van der Waals surface area contributed by atoms with E-state index in [9.17, 15) is 0 Å². The van der Waals surface area contributed by atoms with E-state index < -0.39 is 0 Å². The van der Waals surface area contributed by atoms with E-state index in [0.29, 0.717) is 0 Å². The van der Waals surface area contributed by atoms with Crippen molar-refractivity contribution in [3.63, 3.8) is 0 Å². The predicted molar refractivity (Wildman–Crippen MR) is 79.6 cm³/mol. The fourth-order valence-corrected chi connectivity index (χ4v) is 2.67. The Hall–Kier alpha value is -1.46. The van der Waals surface area contributed by atoms with E-state index in [1.54, 1.807) is 0 Å². The molecule has 0 bridgehead atoms. The van der Waals surface area contributed by atoms with Gasteiger partial charge in [0.2, 0.25) is 0 Å². The van der Waals surface area contributed by atoms with Crippen molar-refractivity contribution < 1.29 is 0 Å². The molecule has 0 saturated heterocycles. The van der Waals surface area contributed by atoms with Crippen molar-refractivity contribution in [1.82, 2.24) is 15.3 Å². The van der Waals surface area contributed by atoms with E-state index in [1.165, 1.54) is 5.56 Å². The van der Waals surface area contributed by atoms with Crippen LogP contribution in [0.15, 0.2) is 28.7 Å². The SMILES string of the molecule is Cc1nc2c(c(Nc3cccc(Br)c3)n1)CNCC2. The van der Waals surface area contributed by atoms with Crippen LogP contribution in [0.1, 0.15) is 17.1 Å². The number of aryl methyl sites for hydroxylation is 1. The number of hydrogen-bond acceptors (Lipinski definition) is 4. The van der Waals surface area contributed by atoms with Crippen molar-refractivity contribution in [2.75, 3.05) is 11.9 Å². The van der Waals surface area contributed by atoms with Crippen LogP contribution in [-0.2, 0) is 13.0 Å². The molecule has 2 N–H and O–H groups in total. The number of anilines is 2. The summed E-state index contributed by atoms with van der Waals surface area (Å²) in [7, 11) is 0. The minimum atomic E-state index is 0.818. The average molecular weight is 319 g/mol. The zero-order chi connectivity index (χ0) is 13.2. The summed E-state index contributed by atoms with van der Waals surface area (Å²) in [4.78, 5) is 9.07. The second kappa shape index (κ2) is 5.27. The molecule has 0 saturated carbocycles. The van der Waals surface area contributed by atoms with Gasteiger partial charge in [-0.2, -0.15) is 0 Å². The number of hydrogen-bond donors (Lipinski definition) is 2. The highest BCUT2D eigenvalue weighted by Gasteiger charge is 2.16. The highest BCUT2D eigenvalue weighted by molar-refractivity contribution is 9.10. The Morgan fingerprint density at radius 1 is 1.32 bits per heavy atom. The van der Waals surface area contributed by atoms with Crippen molar-refractivity contribution >= 4 is 27.4 Å². The number of nitrogens with one attached hydrogen (secondary N) is 2. The molecule has 98 valence electrons. The number of rotatable bonds is 2. The first-order chi connectivity index (χ1) is 9.22. The monoisotopic (exact) mass is 318 g/mol. The van der Waals surface area contributed by atoms with Crippen molar-refractivity contribution in [3.05, 3.63) is 45.8 Å². The molecule has 2 aromatic rings. The third-order valence-electron chi connectivity index (χ3n) is 3.13. The van der Waals surface area contributed by atoms with Crippen LogP contribution in [0.25, 0.3) is 0 Å². The van der Waals surface area contributed by atoms with E-state index >= 15 is 0 Å². The topological polar surface area (TPSA) is 49.8 Å². The van der Waals surface area contributed by atoms with Gasteiger partial charge in [-0.25, -0.2) is 9.97 Å². The molecule has 1 aliphatic rings. The standard InChI is InChI=1S/C14H15BrN4/c1-9-17-13-5-6-16-8-12(13)14(18-9)19-11-4-2-3-10(15)7-11/h2-4,7,16H,5-6,8H2,1H3,(H,17,18,19). The van der Waals surface area contributed by atoms with Crippen molar-refractivity contribution in [1.29, 1.82) is 0 Å². The summed E-state index contributed by atoms with van der Waals surface area (Å²) in [6.45, 7) is 3.75. The molecule has 19 heavy (non-hydrogen) atoms. The summed E-state index contributed by atoms with van der Waals surface area (Å²) < 4.78 is 1.05. The third-order valence-corrected chi connectivity index (χ3v) is 3.63. The molecule has 0 aliphatic carbocycles. The molecule has 0 unspecified atom stereocenters. The lowest BCUT2D eigenvalue weighted by Gasteiger charge is -2.20. The fraction of sp³-hybridized carbons (Fsp3) is 0.286. The molecule has 3 rings (SSSR count). The van der Waals surface area contributed by atoms with Gasteiger partial charge >= 0.3 is 0 Å². The summed E-state index contributed by atoms with van der Waals surface area (Å²) in [6, 6.07) is 8.09. The molecular weight excluding hydrogens is 304 g/mol. The number of nitrogens with zero attached hydrogens (tertiary/aromatic N) is 2. The van der Waals surface area contributed by atoms with Gasteiger partial charge in [0.05, 0.1) is 5.69 Å². The number of aromatic nitrogens is 2. The van der Waals surface area contributed by atoms with Gasteiger partial charge in [0.15, 0.2) is 0 Å². The van der Waals surface area contributed by atoms with Gasteiger partial charge in [0.1, 0.15) is 11.6 Å². The predicted octanol–water partition coefficient (Wildman–Crippen LogP) is 2.94. The Labute approximate surface area is 120 Å². The van der Waals surface area contributed by atoms with E-state index in [2.05, 4.69) is 36.5 Å². The van der Waals surface area contributed by atoms with Gasteiger partial charge in [-0.1, -0.05) is 22.0 Å². The number of fused-ring (bicyclic) bond motifs is 1. The molecule has 0 spiro atoms. The van der Waals surface area contributed by atoms with Crippen LogP contribution in [0, 0.1) is 6.92 Å². The van der Waals surface area contributed by atoms with E-state index in [1.807, 2.05) is 31.2 Å². The average Bonchev–Trinajstić information content (AvgIpc) is 2.38. The molecule has 1 aliphatic heterocycles. The lowest BCUT2D eigenvalue weighted by Crippen LogP contribution is -2.26. The van der Waals surface area contributed by atoms with Gasteiger partial charge in [-0.3, -0.25) is 0 Å². The van der Waals surface area contributed by atoms with Crippen molar-refractivity contribution in [2.45, 2.75) is 19.9 Å². The normalized spacial score (nSPS) is 14.0. The largest absolute Gasteiger partial charge is 0.340 e. The Bertz CT molecular complexity index is 612. The van der Waals surface area contributed by atoms with Crippen molar-refractivity contribution in [3.8, 4) is 0 Å². The molecule has 0 radical (unpaired) electrons. The molecule has 4 nitrogen and oxygen atoms in total. The summed E-state index contributed by atoms with van der Waals surface area (Å²) in [6.07, 6.45) is 0.964. The summed E-state index contributed by atoms with van der Waals surface area (Å²) in [5.74, 6) is 1.73. The van der Waals surface area contributed by atoms with E-state index in [4.69, 9.17) is 0 Å². The highest BCUT2D eigenvalue weighted by atomic mass is 79.9. The van der Waals surface area contributed by atoms with Gasteiger partial charge in [-0.15, -0.1) is 0 Å². The smallest absolute Gasteiger partial charge is 0.138 e. The van der Waals surface area contributed by atoms with Gasteiger partial charge < -0.3 is 10.6 Å². The summed E-state index contributed by atoms with van der Waals surface area (Å²) in [5, 5.41) is 6.76. The van der Waals surface area contributed by atoms with Gasteiger partial charge in [-0.05, 0) is 25.1 Å². The van der Waals surface area contributed by atoms with Gasteiger partial charge in [0, 0.05) is 35.2 Å². The lowest BCUT2D eigenvalue weighted by atomic mass is 10.1. The number of benzene rings is 1. The van der Waals surface area contributed by atoms with Crippen LogP contribution in [0.5, 0.6) is 0 Å². The Balaban J connectivity index is 1.98. The summed E-state index contributed by atoms with van der Waals surface area (Å²) in [5.41, 5.74) is 3.36. The zero-order valence-electron chi connectivity index (χ0n) is 10.7. The molecular formula is C14H15BrN4.